The molecule has 0 bridgehead atoms. The maximum atomic E-state index is 12.7. The molecule has 118 valence electrons. The van der Waals surface area contributed by atoms with Crippen LogP contribution in [0.5, 0.6) is 0 Å². The highest BCUT2D eigenvalue weighted by Crippen LogP contribution is 2.28. The zero-order valence-corrected chi connectivity index (χ0v) is 12.9. The summed E-state index contributed by atoms with van der Waals surface area (Å²) in [6.07, 6.45) is -2.77. The van der Waals surface area contributed by atoms with E-state index in [2.05, 4.69) is 10.4 Å². The van der Waals surface area contributed by atoms with Gasteiger partial charge in [0.2, 0.25) is 5.91 Å². The number of aromatic nitrogens is 2. The minimum absolute atomic E-state index is 0.0982. The monoisotopic (exact) mass is 327 g/mol. The van der Waals surface area contributed by atoms with Crippen LogP contribution in [0.2, 0.25) is 5.02 Å². The van der Waals surface area contributed by atoms with Gasteiger partial charge in [-0.3, -0.25) is 9.48 Å². The number of benzene rings is 1. The number of carbonyl (C=O) groups is 1. The normalized spacial score (nSPS) is 12.5. The highest BCUT2D eigenvalue weighted by atomic mass is 35.5. The lowest BCUT2D eigenvalue weighted by molar-refractivity contribution is -0.122. The Morgan fingerprint density at radius 2 is 2.00 bits per heavy atom. The fourth-order valence-corrected chi connectivity index (χ4v) is 2.31. The van der Waals surface area contributed by atoms with Gasteiger partial charge in [-0.15, -0.1) is 0 Å². The summed E-state index contributed by atoms with van der Waals surface area (Å²) in [5.41, 5.74) is 0.807. The molecule has 1 atom stereocenters. The van der Waals surface area contributed by atoms with Gasteiger partial charge in [-0.25, -0.2) is 8.78 Å². The van der Waals surface area contributed by atoms with E-state index in [-0.39, 0.29) is 23.5 Å². The third-order valence-electron chi connectivity index (χ3n) is 3.34. The number of amides is 1. The van der Waals surface area contributed by atoms with Crippen LogP contribution in [0.1, 0.15) is 36.3 Å². The van der Waals surface area contributed by atoms with Crippen molar-refractivity contribution in [3.05, 3.63) is 52.3 Å². The fraction of sp³-hybridized carbons (Fsp3) is 0.333. The van der Waals surface area contributed by atoms with Gasteiger partial charge in [0.25, 0.3) is 6.43 Å². The van der Waals surface area contributed by atoms with Gasteiger partial charge in [-0.1, -0.05) is 41.9 Å². The maximum absolute atomic E-state index is 12.7. The van der Waals surface area contributed by atoms with E-state index >= 15 is 0 Å². The van der Waals surface area contributed by atoms with E-state index in [0.29, 0.717) is 5.69 Å². The Hall–Kier alpha value is -1.95. The topological polar surface area (TPSA) is 46.9 Å². The number of nitrogens with one attached hydrogen (secondary N) is 1. The molecule has 0 aliphatic rings. The van der Waals surface area contributed by atoms with Crippen molar-refractivity contribution in [2.45, 2.75) is 32.9 Å². The van der Waals surface area contributed by atoms with Crippen LogP contribution in [0.15, 0.2) is 30.3 Å². The highest BCUT2D eigenvalue weighted by molar-refractivity contribution is 6.31. The average Bonchev–Trinajstić information content (AvgIpc) is 2.76. The van der Waals surface area contributed by atoms with E-state index in [9.17, 15) is 13.6 Å². The highest BCUT2D eigenvalue weighted by Gasteiger charge is 2.21. The second-order valence-corrected chi connectivity index (χ2v) is 5.32. The first-order valence-electron chi connectivity index (χ1n) is 6.75. The summed E-state index contributed by atoms with van der Waals surface area (Å²) >= 11 is 5.80. The smallest absolute Gasteiger partial charge is 0.283 e. The van der Waals surface area contributed by atoms with Crippen LogP contribution in [0.4, 0.5) is 8.78 Å². The summed E-state index contributed by atoms with van der Waals surface area (Å²) < 4.78 is 26.6. The molecular weight excluding hydrogens is 312 g/mol. The van der Waals surface area contributed by atoms with E-state index in [1.54, 1.807) is 6.92 Å². The molecule has 2 aromatic rings. The second kappa shape index (κ2) is 6.87. The predicted molar refractivity (Wildman–Crippen MR) is 79.9 cm³/mol. The first-order chi connectivity index (χ1) is 10.4. The van der Waals surface area contributed by atoms with E-state index in [1.165, 1.54) is 4.68 Å². The van der Waals surface area contributed by atoms with Gasteiger partial charge in [0.05, 0.1) is 16.8 Å². The molecule has 0 aliphatic heterocycles. The molecular formula is C15H16ClF2N3O. The fourth-order valence-electron chi connectivity index (χ4n) is 2.09. The molecule has 1 unspecified atom stereocenters. The lowest BCUT2D eigenvalue weighted by Gasteiger charge is -2.14. The zero-order valence-electron chi connectivity index (χ0n) is 12.2. The summed E-state index contributed by atoms with van der Waals surface area (Å²) in [6.45, 7) is 3.24. The number of hydrogen-bond donors (Lipinski definition) is 1. The average molecular weight is 328 g/mol. The summed E-state index contributed by atoms with van der Waals surface area (Å²) in [5, 5.41) is 6.40. The van der Waals surface area contributed by atoms with E-state index in [4.69, 9.17) is 11.6 Å². The molecule has 0 spiro atoms. The van der Waals surface area contributed by atoms with Gasteiger partial charge in [0.15, 0.2) is 0 Å². The van der Waals surface area contributed by atoms with E-state index < -0.39 is 12.1 Å². The van der Waals surface area contributed by atoms with Crippen LogP contribution in [0.25, 0.3) is 0 Å². The van der Waals surface area contributed by atoms with Gasteiger partial charge in [0, 0.05) is 0 Å². The predicted octanol–water partition coefficient (Wildman–Crippen LogP) is 3.66. The molecule has 1 N–H and O–H groups in total. The zero-order chi connectivity index (χ0) is 16.3. The third kappa shape index (κ3) is 3.62. The molecule has 1 aromatic heterocycles. The first-order valence-corrected chi connectivity index (χ1v) is 7.13. The molecule has 0 saturated heterocycles. The summed E-state index contributed by atoms with van der Waals surface area (Å²) in [5.74, 6) is -0.320. The molecule has 7 heteroatoms. The van der Waals surface area contributed by atoms with Crippen LogP contribution in [0.3, 0.4) is 0 Å². The van der Waals surface area contributed by atoms with E-state index in [0.717, 1.165) is 5.56 Å². The number of carbonyl (C=O) groups excluding carboxylic acids is 1. The Morgan fingerprint density at radius 1 is 1.36 bits per heavy atom. The Labute approximate surface area is 132 Å². The first kappa shape index (κ1) is 16.4. The van der Waals surface area contributed by atoms with Crippen LogP contribution in [0, 0.1) is 6.92 Å². The van der Waals surface area contributed by atoms with Crippen LogP contribution in [-0.4, -0.2) is 15.7 Å². The molecule has 2 rings (SSSR count). The summed E-state index contributed by atoms with van der Waals surface area (Å²) in [6, 6.07) is 9.26. The standard InChI is InChI=1S/C15H16ClF2N3O/c1-9(11-6-4-3-5-7-11)19-12(22)8-21-10(2)13(16)14(20-21)15(17)18/h3-7,9,15H,8H2,1-2H3,(H,19,22). The van der Waals surface area contributed by atoms with E-state index in [1.807, 2.05) is 37.3 Å². The third-order valence-corrected chi connectivity index (χ3v) is 3.80. The summed E-state index contributed by atoms with van der Waals surface area (Å²) in [4.78, 5) is 12.0. The van der Waals surface area contributed by atoms with Gasteiger partial charge in [-0.05, 0) is 19.4 Å². The molecule has 1 aromatic carbocycles. The van der Waals surface area contributed by atoms with Crippen molar-refractivity contribution in [1.82, 2.24) is 15.1 Å². The minimum Gasteiger partial charge on any atom is -0.348 e. The van der Waals surface area contributed by atoms with Crippen LogP contribution in [-0.2, 0) is 11.3 Å². The number of halogens is 3. The Balaban J connectivity index is 2.05. The molecule has 0 radical (unpaired) electrons. The number of nitrogens with zero attached hydrogens (tertiary/aromatic N) is 2. The van der Waals surface area contributed by atoms with Crippen molar-refractivity contribution in [3.63, 3.8) is 0 Å². The van der Waals surface area contributed by atoms with Crippen molar-refractivity contribution in [2.75, 3.05) is 0 Å². The lowest BCUT2D eigenvalue weighted by atomic mass is 10.1. The molecule has 4 nitrogen and oxygen atoms in total. The van der Waals surface area contributed by atoms with Crippen LogP contribution >= 0.6 is 11.6 Å². The lowest BCUT2D eigenvalue weighted by Crippen LogP contribution is -2.30. The Kier molecular flexibility index (Phi) is 5.13. The maximum Gasteiger partial charge on any atom is 0.283 e. The van der Waals surface area contributed by atoms with Gasteiger partial charge < -0.3 is 5.32 Å². The van der Waals surface area contributed by atoms with Crippen LogP contribution < -0.4 is 5.32 Å². The Bertz CT molecular complexity index is 658. The van der Waals surface area contributed by atoms with Crippen molar-refractivity contribution >= 4 is 17.5 Å². The van der Waals surface area contributed by atoms with Crippen molar-refractivity contribution < 1.29 is 13.6 Å². The Morgan fingerprint density at radius 3 is 2.55 bits per heavy atom. The quantitative estimate of drug-likeness (QED) is 0.911. The molecule has 0 aliphatic carbocycles. The molecule has 1 heterocycles. The van der Waals surface area contributed by atoms with Gasteiger partial charge >= 0.3 is 0 Å². The number of rotatable bonds is 5. The van der Waals surface area contributed by atoms with Crippen molar-refractivity contribution in [3.8, 4) is 0 Å². The van der Waals surface area contributed by atoms with Crippen molar-refractivity contribution in [2.24, 2.45) is 0 Å². The largest absolute Gasteiger partial charge is 0.348 e. The number of alkyl halides is 2. The second-order valence-electron chi connectivity index (χ2n) is 4.94. The molecule has 0 fully saturated rings. The molecule has 1 amide bonds. The summed E-state index contributed by atoms with van der Waals surface area (Å²) in [7, 11) is 0. The minimum atomic E-state index is -2.77. The number of hydrogen-bond acceptors (Lipinski definition) is 2. The molecule has 0 saturated carbocycles. The van der Waals surface area contributed by atoms with Gasteiger partial charge in [0.1, 0.15) is 12.2 Å². The SMILES string of the molecule is Cc1c(Cl)c(C(F)F)nn1CC(=O)NC(C)c1ccccc1. The molecule has 22 heavy (non-hydrogen) atoms. The van der Waals surface area contributed by atoms with Crippen molar-refractivity contribution in [1.29, 1.82) is 0 Å². The van der Waals surface area contributed by atoms with Gasteiger partial charge in [-0.2, -0.15) is 5.10 Å².